The van der Waals surface area contributed by atoms with Crippen LogP contribution in [0.2, 0.25) is 0 Å². The van der Waals surface area contributed by atoms with Gasteiger partial charge in [-0.05, 0) is 78.6 Å². The summed E-state index contributed by atoms with van der Waals surface area (Å²) in [5, 5.41) is 0. The van der Waals surface area contributed by atoms with Gasteiger partial charge in [0.2, 0.25) is 0 Å². The number of nitrogens with two attached hydrogens (primary N) is 1. The Morgan fingerprint density at radius 2 is 1.64 bits per heavy atom. The van der Waals surface area contributed by atoms with Crippen LogP contribution in [-0.2, 0) is 9.84 Å². The minimum atomic E-state index is -4.88. The van der Waals surface area contributed by atoms with Crippen molar-refractivity contribution >= 4 is 21.7 Å². The highest BCUT2D eigenvalue weighted by Crippen LogP contribution is 2.46. The van der Waals surface area contributed by atoms with E-state index in [2.05, 4.69) is 14.7 Å². The smallest absolute Gasteiger partial charge is 0.440 e. The van der Waals surface area contributed by atoms with Gasteiger partial charge in [-0.1, -0.05) is 18.2 Å². The SMILES string of the molecule is CS(=O)(=O)c1cccc(-c2ccc(N=CC=C(N)C(F)(F)F)c(-c3oc(C4CC4)nc3-c3ccc(OC(F)(F)F)cc3)c2)c1. The second kappa shape index (κ2) is 11.5. The van der Waals surface area contributed by atoms with Crippen molar-refractivity contribution in [3.8, 4) is 39.5 Å². The lowest BCUT2D eigenvalue weighted by Crippen LogP contribution is -2.19. The summed E-state index contributed by atoms with van der Waals surface area (Å²) < 4.78 is 111. The molecule has 0 radical (unpaired) electrons. The van der Waals surface area contributed by atoms with Gasteiger partial charge in [0.05, 0.1) is 10.6 Å². The molecule has 0 amide bonds. The zero-order chi connectivity index (χ0) is 31.9. The van der Waals surface area contributed by atoms with Gasteiger partial charge in [-0.3, -0.25) is 4.99 Å². The number of ether oxygens (including phenoxy) is 1. The highest BCUT2D eigenvalue weighted by atomic mass is 32.2. The van der Waals surface area contributed by atoms with Gasteiger partial charge < -0.3 is 14.9 Å². The molecule has 1 aromatic heterocycles. The zero-order valence-electron chi connectivity index (χ0n) is 22.8. The van der Waals surface area contributed by atoms with Gasteiger partial charge in [-0.15, -0.1) is 13.2 Å². The molecule has 0 saturated heterocycles. The second-order valence-electron chi connectivity index (χ2n) is 10.0. The summed E-state index contributed by atoms with van der Waals surface area (Å²) in [5.74, 6) is 0.121. The molecular weight excluding hydrogens is 612 g/mol. The van der Waals surface area contributed by atoms with Crippen LogP contribution < -0.4 is 10.5 Å². The Kier molecular flexibility index (Phi) is 8.05. The van der Waals surface area contributed by atoms with Crippen molar-refractivity contribution in [1.82, 2.24) is 4.98 Å². The predicted octanol–water partition coefficient (Wildman–Crippen LogP) is 7.96. The first-order valence-corrected chi connectivity index (χ1v) is 14.9. The van der Waals surface area contributed by atoms with E-state index in [1.54, 1.807) is 24.3 Å². The van der Waals surface area contributed by atoms with E-state index in [1.807, 2.05) is 0 Å². The molecule has 1 aliphatic carbocycles. The maximum atomic E-state index is 12.9. The van der Waals surface area contributed by atoms with Gasteiger partial charge in [-0.2, -0.15) is 13.2 Å². The van der Waals surface area contributed by atoms with Crippen LogP contribution in [0.15, 0.2) is 92.8 Å². The number of alkyl halides is 6. The lowest BCUT2D eigenvalue weighted by Gasteiger charge is -2.11. The third kappa shape index (κ3) is 7.30. The van der Waals surface area contributed by atoms with Crippen molar-refractivity contribution in [3.63, 3.8) is 0 Å². The van der Waals surface area contributed by atoms with Crippen LogP contribution in [-0.4, -0.2) is 38.4 Å². The molecule has 0 spiro atoms. The maximum absolute atomic E-state index is 12.9. The normalized spacial score (nSPS) is 14.8. The van der Waals surface area contributed by atoms with E-state index in [-0.39, 0.29) is 33.5 Å². The Morgan fingerprint density at radius 1 is 0.977 bits per heavy atom. The summed E-state index contributed by atoms with van der Waals surface area (Å²) in [6.45, 7) is 0. The number of hydrogen-bond donors (Lipinski definition) is 1. The van der Waals surface area contributed by atoms with Gasteiger partial charge >= 0.3 is 12.5 Å². The molecule has 0 bridgehead atoms. The van der Waals surface area contributed by atoms with Crippen LogP contribution in [0.3, 0.4) is 0 Å². The number of rotatable bonds is 8. The van der Waals surface area contributed by atoms with E-state index in [4.69, 9.17) is 10.2 Å². The minimum absolute atomic E-state index is 0.0198. The summed E-state index contributed by atoms with van der Waals surface area (Å²) in [7, 11) is -3.54. The molecule has 4 aromatic rings. The van der Waals surface area contributed by atoms with Crippen LogP contribution in [0.5, 0.6) is 5.75 Å². The van der Waals surface area contributed by atoms with Gasteiger partial charge in [-0.25, -0.2) is 13.4 Å². The molecule has 230 valence electrons. The molecule has 7 nitrogen and oxygen atoms in total. The van der Waals surface area contributed by atoms with Gasteiger partial charge in [0.1, 0.15) is 17.1 Å². The highest BCUT2D eigenvalue weighted by Gasteiger charge is 2.33. The number of halogens is 6. The first-order chi connectivity index (χ1) is 20.6. The monoisotopic (exact) mass is 635 g/mol. The number of aliphatic imine (C=N–C) groups is 1. The summed E-state index contributed by atoms with van der Waals surface area (Å²) in [5.41, 5.74) is 5.86. The fourth-order valence-corrected chi connectivity index (χ4v) is 4.91. The molecule has 0 unspecified atom stereocenters. The van der Waals surface area contributed by atoms with Crippen molar-refractivity contribution < 1.29 is 43.9 Å². The Hall–Kier alpha value is -4.59. The molecule has 0 atom stereocenters. The molecule has 0 aliphatic heterocycles. The number of benzene rings is 3. The predicted molar refractivity (Wildman–Crippen MR) is 151 cm³/mol. The summed E-state index contributed by atoms with van der Waals surface area (Å²) in [4.78, 5) is 8.86. The standard InChI is InChI=1S/C30H23F6N3O4S/c1-44(40,41)22-4-2-3-19(15-22)20-9-12-24(38-14-13-25(37)29(31,32)33)23(16-20)27-26(39-28(42-27)18-5-6-18)17-7-10-21(11-8-17)43-30(34,35)36/h2-4,7-16,18H,5-6,37H2,1H3. The molecule has 5 rings (SSSR count). The summed E-state index contributed by atoms with van der Waals surface area (Å²) >= 11 is 0. The molecule has 1 heterocycles. The molecular formula is C30H23F6N3O4S. The van der Waals surface area contributed by atoms with Crippen LogP contribution >= 0.6 is 0 Å². The molecule has 1 fully saturated rings. The molecule has 3 aromatic carbocycles. The lowest BCUT2D eigenvalue weighted by atomic mass is 9.98. The van der Waals surface area contributed by atoms with E-state index in [0.29, 0.717) is 28.7 Å². The Balaban J connectivity index is 1.66. The van der Waals surface area contributed by atoms with Crippen LogP contribution in [0, 0.1) is 0 Å². The van der Waals surface area contributed by atoms with Crippen molar-refractivity contribution in [2.75, 3.05) is 6.26 Å². The lowest BCUT2D eigenvalue weighted by molar-refractivity contribution is -0.274. The first kappa shape index (κ1) is 30.9. The van der Waals surface area contributed by atoms with Gasteiger partial charge in [0.15, 0.2) is 21.5 Å². The summed E-state index contributed by atoms with van der Waals surface area (Å²) in [6.07, 6.45) is -5.48. The topological polar surface area (TPSA) is 108 Å². The van der Waals surface area contributed by atoms with Crippen molar-refractivity contribution in [2.45, 2.75) is 36.2 Å². The van der Waals surface area contributed by atoms with E-state index >= 15 is 0 Å². The van der Waals surface area contributed by atoms with E-state index in [1.165, 1.54) is 30.3 Å². The van der Waals surface area contributed by atoms with Crippen LogP contribution in [0.25, 0.3) is 33.7 Å². The largest absolute Gasteiger partial charge is 0.573 e. The number of sulfone groups is 1. The number of oxazole rings is 1. The fraction of sp³-hybridized carbons (Fsp3) is 0.200. The average Bonchev–Trinajstić information content (AvgIpc) is 3.70. The third-order valence-corrected chi connectivity index (χ3v) is 7.67. The minimum Gasteiger partial charge on any atom is -0.440 e. The second-order valence-corrected chi connectivity index (χ2v) is 12.0. The number of allylic oxidation sites excluding steroid dienone is 2. The van der Waals surface area contributed by atoms with E-state index in [0.717, 1.165) is 37.4 Å². The average molecular weight is 636 g/mol. The molecule has 1 saturated carbocycles. The van der Waals surface area contributed by atoms with Crippen molar-refractivity contribution in [3.05, 3.63) is 84.4 Å². The van der Waals surface area contributed by atoms with Crippen molar-refractivity contribution in [2.24, 2.45) is 10.7 Å². The molecule has 1 aliphatic rings. The highest BCUT2D eigenvalue weighted by molar-refractivity contribution is 7.90. The molecule has 44 heavy (non-hydrogen) atoms. The number of hydrogen-bond acceptors (Lipinski definition) is 7. The van der Waals surface area contributed by atoms with Crippen LogP contribution in [0.4, 0.5) is 32.0 Å². The maximum Gasteiger partial charge on any atom is 0.573 e. The quantitative estimate of drug-likeness (QED) is 0.156. The Bertz CT molecular complexity index is 1860. The molecule has 2 N–H and O–H groups in total. The van der Waals surface area contributed by atoms with E-state index < -0.39 is 33.8 Å². The zero-order valence-corrected chi connectivity index (χ0v) is 23.6. The third-order valence-electron chi connectivity index (χ3n) is 6.56. The Labute approximate surface area is 247 Å². The van der Waals surface area contributed by atoms with Gasteiger partial charge in [0, 0.05) is 29.5 Å². The number of aromatic nitrogens is 1. The Morgan fingerprint density at radius 3 is 2.25 bits per heavy atom. The number of nitrogens with zero attached hydrogens (tertiary/aromatic N) is 2. The van der Waals surface area contributed by atoms with Crippen LogP contribution in [0.1, 0.15) is 24.7 Å². The molecule has 14 heteroatoms. The van der Waals surface area contributed by atoms with E-state index in [9.17, 15) is 34.8 Å². The van der Waals surface area contributed by atoms with Crippen molar-refractivity contribution in [1.29, 1.82) is 0 Å². The fourth-order valence-electron chi connectivity index (χ4n) is 4.24. The van der Waals surface area contributed by atoms with Gasteiger partial charge in [0.25, 0.3) is 0 Å². The first-order valence-electron chi connectivity index (χ1n) is 13.0. The summed E-state index contributed by atoms with van der Waals surface area (Å²) in [6, 6.07) is 15.9.